The van der Waals surface area contributed by atoms with Gasteiger partial charge >= 0.3 is 0 Å². The van der Waals surface area contributed by atoms with Crippen molar-refractivity contribution in [2.24, 2.45) is 11.8 Å². The van der Waals surface area contributed by atoms with Gasteiger partial charge in [-0.1, -0.05) is 27.7 Å². The van der Waals surface area contributed by atoms with Crippen molar-refractivity contribution in [1.82, 2.24) is 10.2 Å². The molecule has 1 amide bonds. The molecule has 2 aliphatic heterocycles. The van der Waals surface area contributed by atoms with Crippen LogP contribution in [-0.2, 0) is 9.53 Å². The lowest BCUT2D eigenvalue weighted by Crippen LogP contribution is -2.46. The van der Waals surface area contributed by atoms with Gasteiger partial charge in [0, 0.05) is 13.2 Å². The van der Waals surface area contributed by atoms with Crippen molar-refractivity contribution in [3.05, 3.63) is 0 Å². The molecule has 4 heteroatoms. The van der Waals surface area contributed by atoms with Crippen molar-refractivity contribution in [2.45, 2.75) is 71.7 Å². The number of nitrogens with one attached hydrogen (secondary N) is 1. The molecule has 3 unspecified atom stereocenters. The maximum absolute atomic E-state index is 12.6. The van der Waals surface area contributed by atoms with Crippen LogP contribution in [0.25, 0.3) is 0 Å². The minimum atomic E-state index is -0.00834. The van der Waals surface area contributed by atoms with Gasteiger partial charge in [-0.2, -0.15) is 0 Å². The Morgan fingerprint density at radius 2 is 2.05 bits per heavy atom. The predicted octanol–water partition coefficient (Wildman–Crippen LogP) is 2.38. The van der Waals surface area contributed by atoms with Crippen molar-refractivity contribution >= 4 is 5.91 Å². The van der Waals surface area contributed by atoms with E-state index in [1.165, 1.54) is 6.42 Å². The normalized spacial score (nSPS) is 31.6. The van der Waals surface area contributed by atoms with Crippen LogP contribution in [0.4, 0.5) is 0 Å². The molecular formula is C16H30N2O2. The van der Waals surface area contributed by atoms with Gasteiger partial charge in [0.2, 0.25) is 5.91 Å². The van der Waals surface area contributed by atoms with Gasteiger partial charge in [0.05, 0.1) is 18.3 Å². The summed E-state index contributed by atoms with van der Waals surface area (Å²) in [5.74, 6) is 1.24. The minimum absolute atomic E-state index is 0.00834. The van der Waals surface area contributed by atoms with Crippen LogP contribution < -0.4 is 5.32 Å². The zero-order valence-corrected chi connectivity index (χ0v) is 13.4. The smallest absolute Gasteiger partial charge is 0.241 e. The minimum Gasteiger partial charge on any atom is -0.376 e. The van der Waals surface area contributed by atoms with E-state index in [1.807, 2.05) is 4.90 Å². The molecule has 0 spiro atoms. The number of carbonyl (C=O) groups is 1. The van der Waals surface area contributed by atoms with E-state index in [9.17, 15) is 4.79 Å². The topological polar surface area (TPSA) is 41.6 Å². The number of amides is 1. The Bertz CT molecular complexity index is 324. The summed E-state index contributed by atoms with van der Waals surface area (Å²) in [5, 5.41) is 3.53. The van der Waals surface area contributed by atoms with E-state index in [0.29, 0.717) is 11.8 Å². The predicted molar refractivity (Wildman–Crippen MR) is 80.3 cm³/mol. The summed E-state index contributed by atoms with van der Waals surface area (Å²) in [7, 11) is 0. The van der Waals surface area contributed by atoms with Crippen molar-refractivity contribution in [3.63, 3.8) is 0 Å². The molecular weight excluding hydrogens is 252 g/mol. The first-order chi connectivity index (χ1) is 9.49. The third-order valence-electron chi connectivity index (χ3n) is 4.30. The zero-order valence-electron chi connectivity index (χ0n) is 13.4. The lowest BCUT2D eigenvalue weighted by Gasteiger charge is -2.32. The van der Waals surface area contributed by atoms with Crippen molar-refractivity contribution in [1.29, 1.82) is 0 Å². The molecule has 0 aromatic rings. The second kappa shape index (κ2) is 6.90. The molecule has 0 aromatic heterocycles. The number of carbonyl (C=O) groups excluding carboxylic acids is 1. The van der Waals surface area contributed by atoms with Crippen molar-refractivity contribution in [3.8, 4) is 0 Å². The zero-order chi connectivity index (χ0) is 14.7. The Hall–Kier alpha value is -0.610. The third kappa shape index (κ3) is 3.73. The fourth-order valence-corrected chi connectivity index (χ4v) is 3.27. The SMILES string of the molecule is CC(C)CC1NC(C(C)C)N(CC2CCCCO2)C1=O. The maximum Gasteiger partial charge on any atom is 0.241 e. The highest BCUT2D eigenvalue weighted by Gasteiger charge is 2.41. The highest BCUT2D eigenvalue weighted by molar-refractivity contribution is 5.84. The molecule has 4 nitrogen and oxygen atoms in total. The van der Waals surface area contributed by atoms with E-state index < -0.39 is 0 Å². The Morgan fingerprint density at radius 3 is 2.60 bits per heavy atom. The third-order valence-corrected chi connectivity index (χ3v) is 4.30. The molecule has 3 atom stereocenters. The first-order valence-corrected chi connectivity index (χ1v) is 8.17. The first kappa shape index (κ1) is 15.8. The fraction of sp³-hybridized carbons (Fsp3) is 0.938. The second-order valence-corrected chi connectivity index (χ2v) is 7.02. The van der Waals surface area contributed by atoms with E-state index in [2.05, 4.69) is 33.0 Å². The second-order valence-electron chi connectivity index (χ2n) is 7.02. The van der Waals surface area contributed by atoms with Crippen molar-refractivity contribution < 1.29 is 9.53 Å². The lowest BCUT2D eigenvalue weighted by molar-refractivity contribution is -0.133. The Balaban J connectivity index is 2.00. The van der Waals surface area contributed by atoms with Gasteiger partial charge in [-0.05, 0) is 37.5 Å². The summed E-state index contributed by atoms with van der Waals surface area (Å²) in [4.78, 5) is 14.7. The first-order valence-electron chi connectivity index (χ1n) is 8.17. The molecule has 2 rings (SSSR count). The summed E-state index contributed by atoms with van der Waals surface area (Å²) in [6, 6.07) is -0.00834. The molecule has 116 valence electrons. The monoisotopic (exact) mass is 282 g/mol. The number of hydrogen-bond acceptors (Lipinski definition) is 3. The van der Waals surface area contributed by atoms with E-state index >= 15 is 0 Å². The van der Waals surface area contributed by atoms with Crippen LogP contribution in [0.15, 0.2) is 0 Å². The Kier molecular flexibility index (Phi) is 5.44. The van der Waals surface area contributed by atoms with Gasteiger partial charge in [0.15, 0.2) is 0 Å². The molecule has 20 heavy (non-hydrogen) atoms. The molecule has 2 aliphatic rings. The van der Waals surface area contributed by atoms with Crippen LogP contribution in [-0.4, -0.2) is 42.3 Å². The summed E-state index contributed by atoms with van der Waals surface area (Å²) in [6.07, 6.45) is 4.78. The van der Waals surface area contributed by atoms with Crippen LogP contribution in [0.3, 0.4) is 0 Å². The average molecular weight is 282 g/mol. The molecule has 2 fully saturated rings. The highest BCUT2D eigenvalue weighted by Crippen LogP contribution is 2.24. The maximum atomic E-state index is 12.6. The van der Waals surface area contributed by atoms with Crippen LogP contribution >= 0.6 is 0 Å². The number of rotatable bonds is 5. The molecule has 2 heterocycles. The van der Waals surface area contributed by atoms with E-state index in [4.69, 9.17) is 4.74 Å². The van der Waals surface area contributed by atoms with E-state index in [0.717, 1.165) is 32.4 Å². The van der Waals surface area contributed by atoms with Gasteiger partial charge in [0.25, 0.3) is 0 Å². The van der Waals surface area contributed by atoms with Crippen LogP contribution in [0.5, 0.6) is 0 Å². The standard InChI is InChI=1S/C16H30N2O2/c1-11(2)9-14-16(19)18(15(17-14)12(3)4)10-13-7-5-6-8-20-13/h11-15,17H,5-10H2,1-4H3. The highest BCUT2D eigenvalue weighted by atomic mass is 16.5. The largest absolute Gasteiger partial charge is 0.376 e. The molecule has 0 bridgehead atoms. The summed E-state index contributed by atoms with van der Waals surface area (Å²) >= 11 is 0. The van der Waals surface area contributed by atoms with Gasteiger partial charge in [-0.25, -0.2) is 0 Å². The van der Waals surface area contributed by atoms with Gasteiger partial charge in [-0.15, -0.1) is 0 Å². The number of hydrogen-bond donors (Lipinski definition) is 1. The quantitative estimate of drug-likeness (QED) is 0.842. The van der Waals surface area contributed by atoms with Gasteiger partial charge in [-0.3, -0.25) is 10.1 Å². The number of nitrogens with zero attached hydrogens (tertiary/aromatic N) is 1. The molecule has 0 aliphatic carbocycles. The fourth-order valence-electron chi connectivity index (χ4n) is 3.27. The lowest BCUT2D eigenvalue weighted by atomic mass is 10.0. The van der Waals surface area contributed by atoms with Crippen LogP contribution in [0, 0.1) is 11.8 Å². The Morgan fingerprint density at radius 1 is 1.30 bits per heavy atom. The molecule has 1 N–H and O–H groups in total. The Labute approximate surface area is 123 Å². The van der Waals surface area contributed by atoms with Gasteiger partial charge in [0.1, 0.15) is 0 Å². The van der Waals surface area contributed by atoms with E-state index in [-0.39, 0.29) is 24.2 Å². The van der Waals surface area contributed by atoms with Crippen LogP contribution in [0.2, 0.25) is 0 Å². The molecule has 0 radical (unpaired) electrons. The molecule has 2 saturated heterocycles. The summed E-state index contributed by atoms with van der Waals surface area (Å²) < 4.78 is 5.81. The summed E-state index contributed by atoms with van der Waals surface area (Å²) in [5.41, 5.74) is 0. The molecule has 0 saturated carbocycles. The van der Waals surface area contributed by atoms with Crippen molar-refractivity contribution in [2.75, 3.05) is 13.2 Å². The van der Waals surface area contributed by atoms with Crippen LogP contribution in [0.1, 0.15) is 53.4 Å². The summed E-state index contributed by atoms with van der Waals surface area (Å²) in [6.45, 7) is 10.3. The number of ether oxygens (including phenoxy) is 1. The van der Waals surface area contributed by atoms with Gasteiger partial charge < -0.3 is 9.64 Å². The van der Waals surface area contributed by atoms with E-state index in [1.54, 1.807) is 0 Å². The molecule has 0 aromatic carbocycles. The average Bonchev–Trinajstić information content (AvgIpc) is 2.69.